The number of aryl methyl sites for hydroxylation is 1. The maximum Gasteiger partial charge on any atom is 0.163 e. The maximum absolute atomic E-state index is 11.0. The summed E-state index contributed by atoms with van der Waals surface area (Å²) in [5.74, 6) is -0.00275. The van der Waals surface area contributed by atoms with Crippen molar-refractivity contribution in [2.45, 2.75) is 13.8 Å². The van der Waals surface area contributed by atoms with Crippen LogP contribution < -0.4 is 0 Å². The minimum Gasteiger partial charge on any atom is -0.507 e. The summed E-state index contributed by atoms with van der Waals surface area (Å²) < 4.78 is 0.966. The lowest BCUT2D eigenvalue weighted by molar-refractivity contribution is 0.101. The quantitative estimate of drug-likeness (QED) is 0.632. The Morgan fingerprint density at radius 3 is 2.58 bits per heavy atom. The second-order valence-electron chi connectivity index (χ2n) is 2.68. The highest BCUT2D eigenvalue weighted by Crippen LogP contribution is 2.24. The fourth-order valence-corrected chi connectivity index (χ4v) is 1.78. The second-order valence-corrected chi connectivity index (χ2v) is 3.92. The molecule has 0 aliphatic carbocycles. The van der Waals surface area contributed by atoms with Crippen LogP contribution in [-0.2, 0) is 0 Å². The third-order valence-corrected chi connectivity index (χ3v) is 2.27. The van der Waals surface area contributed by atoms with Crippen molar-refractivity contribution in [1.82, 2.24) is 0 Å². The molecule has 0 atom stereocenters. The van der Waals surface area contributed by atoms with Crippen molar-refractivity contribution < 1.29 is 9.90 Å². The minimum atomic E-state index is -0.103. The number of aromatic hydroxyl groups is 1. The lowest BCUT2D eigenvalue weighted by Crippen LogP contribution is -1.95. The van der Waals surface area contributed by atoms with Gasteiger partial charge in [0.15, 0.2) is 5.78 Å². The molecule has 0 aliphatic heterocycles. The van der Waals surface area contributed by atoms with Gasteiger partial charge in [-0.25, -0.2) is 0 Å². The van der Waals surface area contributed by atoms with Crippen molar-refractivity contribution in [1.29, 1.82) is 0 Å². The zero-order chi connectivity index (χ0) is 9.30. The molecule has 0 saturated carbocycles. The number of hydrogen-bond donors (Lipinski definition) is 1. The van der Waals surface area contributed by atoms with Gasteiger partial charge >= 0.3 is 0 Å². The Labute approximate surface area is 84.7 Å². The van der Waals surface area contributed by atoms with Crippen molar-refractivity contribution in [3.8, 4) is 5.75 Å². The average Bonchev–Trinajstić information content (AvgIpc) is 1.96. The molecule has 64 valence electrons. The van der Waals surface area contributed by atoms with Gasteiger partial charge in [-0.2, -0.15) is 0 Å². The standard InChI is InChI=1S/C9H9IO2/c1-5-3-7(10)4-8(6(2)11)9(5)12/h3-4,12H,1-2H3. The van der Waals surface area contributed by atoms with Crippen LogP contribution in [0.1, 0.15) is 22.8 Å². The van der Waals surface area contributed by atoms with E-state index in [2.05, 4.69) is 22.6 Å². The van der Waals surface area contributed by atoms with Crippen LogP contribution in [0.2, 0.25) is 0 Å². The Kier molecular flexibility index (Phi) is 2.72. The van der Waals surface area contributed by atoms with Crippen LogP contribution in [0, 0.1) is 10.5 Å². The summed E-state index contributed by atoms with van der Waals surface area (Å²) in [7, 11) is 0. The molecule has 12 heavy (non-hydrogen) atoms. The maximum atomic E-state index is 11.0. The van der Waals surface area contributed by atoms with Gasteiger partial charge in [-0.1, -0.05) is 0 Å². The molecule has 2 nitrogen and oxygen atoms in total. The van der Waals surface area contributed by atoms with Gasteiger partial charge in [-0.3, -0.25) is 4.79 Å². The smallest absolute Gasteiger partial charge is 0.163 e. The van der Waals surface area contributed by atoms with Gasteiger partial charge in [0, 0.05) is 3.57 Å². The van der Waals surface area contributed by atoms with E-state index in [1.165, 1.54) is 6.92 Å². The first kappa shape index (κ1) is 9.51. The van der Waals surface area contributed by atoms with Crippen LogP contribution in [0.4, 0.5) is 0 Å². The minimum absolute atomic E-state index is 0.0999. The highest BCUT2D eigenvalue weighted by atomic mass is 127. The van der Waals surface area contributed by atoms with E-state index in [9.17, 15) is 9.90 Å². The molecule has 0 bridgehead atoms. The summed E-state index contributed by atoms with van der Waals surface area (Å²) in [6.45, 7) is 3.23. The van der Waals surface area contributed by atoms with Gasteiger partial charge in [0.2, 0.25) is 0 Å². The number of ketones is 1. The van der Waals surface area contributed by atoms with E-state index in [-0.39, 0.29) is 11.5 Å². The fraction of sp³-hybridized carbons (Fsp3) is 0.222. The molecule has 0 amide bonds. The predicted octanol–water partition coefficient (Wildman–Crippen LogP) is 2.51. The molecule has 0 aromatic heterocycles. The molecular formula is C9H9IO2. The van der Waals surface area contributed by atoms with E-state index >= 15 is 0 Å². The van der Waals surface area contributed by atoms with Gasteiger partial charge in [-0.15, -0.1) is 0 Å². The molecule has 0 aliphatic rings. The summed E-state index contributed by atoms with van der Waals surface area (Å²) in [6.07, 6.45) is 0. The summed E-state index contributed by atoms with van der Waals surface area (Å²) in [5, 5.41) is 9.47. The molecule has 0 fully saturated rings. The summed E-state index contributed by atoms with van der Waals surface area (Å²) in [5.41, 5.74) is 1.14. The Bertz CT molecular complexity index is 332. The molecule has 3 heteroatoms. The predicted molar refractivity (Wildman–Crippen MR) is 55.6 cm³/mol. The topological polar surface area (TPSA) is 37.3 Å². The van der Waals surface area contributed by atoms with E-state index in [1.54, 1.807) is 13.0 Å². The van der Waals surface area contributed by atoms with Gasteiger partial charge in [0.05, 0.1) is 5.56 Å². The van der Waals surface area contributed by atoms with Crippen LogP contribution in [-0.4, -0.2) is 10.9 Å². The highest BCUT2D eigenvalue weighted by Gasteiger charge is 2.09. The number of carbonyl (C=O) groups excluding carboxylic acids is 1. The Hall–Kier alpha value is -0.580. The van der Waals surface area contributed by atoms with Crippen LogP contribution in [0.3, 0.4) is 0 Å². The highest BCUT2D eigenvalue weighted by molar-refractivity contribution is 14.1. The Morgan fingerprint density at radius 2 is 2.08 bits per heavy atom. The Morgan fingerprint density at radius 1 is 1.50 bits per heavy atom. The summed E-state index contributed by atoms with van der Waals surface area (Å²) in [6, 6.07) is 3.52. The number of rotatable bonds is 1. The van der Waals surface area contributed by atoms with Crippen LogP contribution in [0.25, 0.3) is 0 Å². The SMILES string of the molecule is CC(=O)c1cc(I)cc(C)c1O. The largest absolute Gasteiger partial charge is 0.507 e. The summed E-state index contributed by atoms with van der Waals surface area (Å²) in [4.78, 5) is 11.0. The molecule has 0 unspecified atom stereocenters. The number of benzene rings is 1. The lowest BCUT2D eigenvalue weighted by Gasteiger charge is -2.04. The number of carbonyl (C=O) groups is 1. The van der Waals surface area contributed by atoms with Crippen molar-refractivity contribution >= 4 is 28.4 Å². The molecule has 0 spiro atoms. The molecule has 1 aromatic rings. The first-order valence-electron chi connectivity index (χ1n) is 3.52. The molecule has 0 radical (unpaired) electrons. The van der Waals surface area contributed by atoms with Gasteiger partial charge in [0.25, 0.3) is 0 Å². The Balaban J connectivity index is 3.37. The van der Waals surface area contributed by atoms with Crippen LogP contribution >= 0.6 is 22.6 Å². The molecular weight excluding hydrogens is 267 g/mol. The van der Waals surface area contributed by atoms with Gasteiger partial charge in [0.1, 0.15) is 5.75 Å². The normalized spacial score (nSPS) is 9.92. The third kappa shape index (κ3) is 1.77. The van der Waals surface area contributed by atoms with E-state index in [0.29, 0.717) is 5.56 Å². The molecule has 1 N–H and O–H groups in total. The van der Waals surface area contributed by atoms with Crippen molar-refractivity contribution in [2.24, 2.45) is 0 Å². The number of phenolic OH excluding ortho intramolecular Hbond substituents is 1. The number of Topliss-reactive ketones (excluding diaryl/α,β-unsaturated/α-hetero) is 1. The number of phenols is 1. The van der Waals surface area contributed by atoms with Gasteiger partial charge in [-0.05, 0) is 54.1 Å². The van der Waals surface area contributed by atoms with E-state index in [1.807, 2.05) is 6.07 Å². The summed E-state index contributed by atoms with van der Waals surface area (Å²) >= 11 is 2.12. The zero-order valence-corrected chi connectivity index (χ0v) is 9.05. The van der Waals surface area contributed by atoms with E-state index < -0.39 is 0 Å². The van der Waals surface area contributed by atoms with Crippen molar-refractivity contribution in [2.75, 3.05) is 0 Å². The van der Waals surface area contributed by atoms with Gasteiger partial charge < -0.3 is 5.11 Å². The zero-order valence-electron chi connectivity index (χ0n) is 6.89. The average molecular weight is 276 g/mol. The number of halogens is 1. The van der Waals surface area contributed by atoms with Crippen LogP contribution in [0.5, 0.6) is 5.75 Å². The van der Waals surface area contributed by atoms with Crippen molar-refractivity contribution in [3.05, 3.63) is 26.8 Å². The van der Waals surface area contributed by atoms with E-state index in [4.69, 9.17) is 0 Å². The molecule has 1 rings (SSSR count). The number of hydrogen-bond acceptors (Lipinski definition) is 2. The molecule has 0 heterocycles. The molecule has 0 saturated heterocycles. The second kappa shape index (κ2) is 3.43. The van der Waals surface area contributed by atoms with Crippen molar-refractivity contribution in [3.63, 3.8) is 0 Å². The third-order valence-electron chi connectivity index (χ3n) is 1.64. The fourth-order valence-electron chi connectivity index (χ4n) is 1.00. The monoisotopic (exact) mass is 276 g/mol. The first-order chi connectivity index (χ1) is 5.52. The lowest BCUT2D eigenvalue weighted by atomic mass is 10.1. The van der Waals surface area contributed by atoms with E-state index in [0.717, 1.165) is 9.13 Å². The van der Waals surface area contributed by atoms with Crippen LogP contribution in [0.15, 0.2) is 12.1 Å². The molecule has 1 aromatic carbocycles. The first-order valence-corrected chi connectivity index (χ1v) is 4.60.